The van der Waals surface area contributed by atoms with Crippen molar-refractivity contribution in [1.82, 2.24) is 4.90 Å². The molecule has 1 aliphatic rings. The molecule has 1 aromatic rings. The third-order valence-corrected chi connectivity index (χ3v) is 4.31. The molecule has 0 aromatic heterocycles. The summed E-state index contributed by atoms with van der Waals surface area (Å²) in [6.45, 7) is 4.46. The van der Waals surface area contributed by atoms with Crippen LogP contribution < -0.4 is 5.73 Å². The highest BCUT2D eigenvalue weighted by atomic mass is 32.1. The quantitative estimate of drug-likeness (QED) is 0.773. The fraction of sp³-hybridized carbons (Fsp3) is 0.562. The molecule has 1 fully saturated rings. The van der Waals surface area contributed by atoms with Crippen molar-refractivity contribution in [3.63, 3.8) is 0 Å². The highest BCUT2D eigenvalue weighted by Gasteiger charge is 2.25. The van der Waals surface area contributed by atoms with Crippen molar-refractivity contribution < 1.29 is 0 Å². The molecule has 1 aliphatic carbocycles. The van der Waals surface area contributed by atoms with Crippen LogP contribution in [0.5, 0.6) is 0 Å². The van der Waals surface area contributed by atoms with Gasteiger partial charge in [0.1, 0.15) is 0 Å². The number of thiocarbonyl (C=S) groups is 1. The molecule has 1 saturated carbocycles. The first-order valence-corrected chi connectivity index (χ1v) is 7.68. The highest BCUT2D eigenvalue weighted by Crippen LogP contribution is 2.31. The summed E-state index contributed by atoms with van der Waals surface area (Å²) in [6, 6.07) is 11.0. The predicted molar refractivity (Wildman–Crippen MR) is 85.2 cm³/mol. The van der Waals surface area contributed by atoms with Crippen molar-refractivity contribution in [2.75, 3.05) is 13.1 Å². The lowest BCUT2D eigenvalue weighted by molar-refractivity contribution is 0.141. The minimum absolute atomic E-state index is 0.337. The molecule has 0 bridgehead atoms. The van der Waals surface area contributed by atoms with Gasteiger partial charge in [-0.3, -0.25) is 4.90 Å². The van der Waals surface area contributed by atoms with Crippen LogP contribution in [0.2, 0.25) is 0 Å². The summed E-state index contributed by atoms with van der Waals surface area (Å²) in [5.41, 5.74) is 7.14. The van der Waals surface area contributed by atoms with Gasteiger partial charge >= 0.3 is 0 Å². The van der Waals surface area contributed by atoms with Crippen molar-refractivity contribution in [2.45, 2.75) is 38.6 Å². The number of hydrogen-bond donors (Lipinski definition) is 1. The lowest BCUT2D eigenvalue weighted by Crippen LogP contribution is -2.37. The van der Waals surface area contributed by atoms with Crippen LogP contribution in [-0.4, -0.2) is 23.0 Å². The lowest BCUT2D eigenvalue weighted by atomic mass is 9.84. The molecule has 2 nitrogen and oxygen atoms in total. The van der Waals surface area contributed by atoms with E-state index in [0.717, 1.165) is 18.9 Å². The van der Waals surface area contributed by atoms with Crippen molar-refractivity contribution >= 4 is 17.2 Å². The van der Waals surface area contributed by atoms with Gasteiger partial charge in [-0.25, -0.2) is 0 Å². The molecule has 0 saturated heterocycles. The lowest BCUT2D eigenvalue weighted by Gasteiger charge is -2.37. The summed E-state index contributed by atoms with van der Waals surface area (Å²) in [6.07, 6.45) is 4.93. The summed E-state index contributed by atoms with van der Waals surface area (Å²) in [5, 5.41) is 0. The average Bonchev–Trinajstić information content (AvgIpc) is 2.36. The third-order valence-electron chi connectivity index (χ3n) is 4.14. The van der Waals surface area contributed by atoms with E-state index in [1.54, 1.807) is 0 Å². The standard InChI is InChI=1S/C16H24N2S/c1-2-18(12-13-7-6-8-13)15(11-16(17)19)14-9-4-3-5-10-14/h3-5,9-10,13,15H,2,6-8,11-12H2,1H3,(H2,17,19). The molecular formula is C16H24N2S. The second-order valence-electron chi connectivity index (χ2n) is 5.48. The average molecular weight is 276 g/mol. The van der Waals surface area contributed by atoms with E-state index in [2.05, 4.69) is 42.2 Å². The smallest absolute Gasteiger partial charge is 0.0746 e. The van der Waals surface area contributed by atoms with Crippen LogP contribution in [0.1, 0.15) is 44.2 Å². The van der Waals surface area contributed by atoms with Gasteiger partial charge in [-0.2, -0.15) is 0 Å². The molecule has 0 spiro atoms. The molecule has 0 heterocycles. The minimum Gasteiger partial charge on any atom is -0.393 e. The third kappa shape index (κ3) is 4.02. The molecule has 2 rings (SSSR count). The van der Waals surface area contributed by atoms with Gasteiger partial charge in [0.05, 0.1) is 4.99 Å². The van der Waals surface area contributed by atoms with Crippen molar-refractivity contribution in [2.24, 2.45) is 11.7 Å². The summed E-state index contributed by atoms with van der Waals surface area (Å²) >= 11 is 5.15. The Morgan fingerprint density at radius 3 is 2.53 bits per heavy atom. The van der Waals surface area contributed by atoms with Crippen LogP contribution in [0.3, 0.4) is 0 Å². The first-order valence-electron chi connectivity index (χ1n) is 7.28. The van der Waals surface area contributed by atoms with Crippen LogP contribution in [0.25, 0.3) is 0 Å². The molecule has 1 atom stereocenters. The molecule has 2 N–H and O–H groups in total. The fourth-order valence-corrected chi connectivity index (χ4v) is 2.97. The fourth-order valence-electron chi connectivity index (χ4n) is 2.81. The molecule has 1 unspecified atom stereocenters. The summed E-state index contributed by atoms with van der Waals surface area (Å²) < 4.78 is 0. The van der Waals surface area contributed by atoms with Crippen LogP contribution in [0.4, 0.5) is 0 Å². The molecule has 104 valence electrons. The Bertz CT molecular complexity index is 400. The predicted octanol–water partition coefficient (Wildman–Crippen LogP) is 3.53. The number of nitrogens with zero attached hydrogens (tertiary/aromatic N) is 1. The molecule has 3 heteroatoms. The second kappa shape index (κ2) is 7.01. The van der Waals surface area contributed by atoms with E-state index >= 15 is 0 Å². The maximum atomic E-state index is 5.81. The van der Waals surface area contributed by atoms with E-state index in [1.165, 1.54) is 31.4 Å². The summed E-state index contributed by atoms with van der Waals surface area (Å²) in [4.78, 5) is 3.15. The van der Waals surface area contributed by atoms with Gasteiger partial charge in [0.2, 0.25) is 0 Å². The SMILES string of the molecule is CCN(CC1CCC1)C(CC(N)=S)c1ccccc1. The number of hydrogen-bond acceptors (Lipinski definition) is 2. The van der Waals surface area contributed by atoms with Gasteiger partial charge < -0.3 is 5.73 Å². The highest BCUT2D eigenvalue weighted by molar-refractivity contribution is 7.80. The zero-order valence-electron chi connectivity index (χ0n) is 11.7. The zero-order chi connectivity index (χ0) is 13.7. The van der Waals surface area contributed by atoms with E-state index in [-0.39, 0.29) is 0 Å². The monoisotopic (exact) mass is 276 g/mol. The van der Waals surface area contributed by atoms with Crippen molar-refractivity contribution in [3.8, 4) is 0 Å². The first-order chi connectivity index (χ1) is 9.20. The van der Waals surface area contributed by atoms with Crippen molar-refractivity contribution in [1.29, 1.82) is 0 Å². The second-order valence-corrected chi connectivity index (χ2v) is 6.01. The summed E-state index contributed by atoms with van der Waals surface area (Å²) in [5.74, 6) is 0.873. The molecular weight excluding hydrogens is 252 g/mol. The Labute approximate surface area is 122 Å². The molecule has 0 radical (unpaired) electrons. The Kier molecular flexibility index (Phi) is 5.34. The van der Waals surface area contributed by atoms with Gasteiger partial charge in [-0.1, -0.05) is 55.9 Å². The van der Waals surface area contributed by atoms with E-state index in [9.17, 15) is 0 Å². The molecule has 0 amide bonds. The largest absolute Gasteiger partial charge is 0.393 e. The first kappa shape index (κ1) is 14.5. The zero-order valence-corrected chi connectivity index (χ0v) is 12.5. The van der Waals surface area contributed by atoms with Gasteiger partial charge in [0.15, 0.2) is 0 Å². The topological polar surface area (TPSA) is 29.3 Å². The molecule has 19 heavy (non-hydrogen) atoms. The van der Waals surface area contributed by atoms with E-state index in [4.69, 9.17) is 18.0 Å². The Morgan fingerprint density at radius 1 is 1.37 bits per heavy atom. The minimum atomic E-state index is 0.337. The number of benzene rings is 1. The van der Waals surface area contributed by atoms with E-state index < -0.39 is 0 Å². The maximum Gasteiger partial charge on any atom is 0.0746 e. The Balaban J connectivity index is 2.12. The Morgan fingerprint density at radius 2 is 2.05 bits per heavy atom. The van der Waals surface area contributed by atoms with Crippen LogP contribution in [-0.2, 0) is 0 Å². The van der Waals surface area contributed by atoms with Gasteiger partial charge in [0.25, 0.3) is 0 Å². The Hall–Kier alpha value is -0.930. The summed E-state index contributed by atoms with van der Waals surface area (Å²) in [7, 11) is 0. The number of rotatable bonds is 7. The van der Waals surface area contributed by atoms with Crippen LogP contribution in [0.15, 0.2) is 30.3 Å². The van der Waals surface area contributed by atoms with E-state index in [1.807, 2.05) is 0 Å². The number of nitrogens with two attached hydrogens (primary N) is 1. The van der Waals surface area contributed by atoms with Gasteiger partial charge in [-0.15, -0.1) is 0 Å². The normalized spacial score (nSPS) is 17.2. The van der Waals surface area contributed by atoms with E-state index in [0.29, 0.717) is 11.0 Å². The van der Waals surface area contributed by atoms with Gasteiger partial charge in [0, 0.05) is 19.0 Å². The van der Waals surface area contributed by atoms with Crippen molar-refractivity contribution in [3.05, 3.63) is 35.9 Å². The van der Waals surface area contributed by atoms with Crippen LogP contribution >= 0.6 is 12.2 Å². The maximum absolute atomic E-state index is 5.81. The molecule has 1 aromatic carbocycles. The molecule has 0 aliphatic heterocycles. The van der Waals surface area contributed by atoms with Crippen LogP contribution in [0, 0.1) is 5.92 Å². The van der Waals surface area contributed by atoms with Gasteiger partial charge in [-0.05, 0) is 30.9 Å².